The van der Waals surface area contributed by atoms with Crippen LogP contribution in [0.3, 0.4) is 0 Å². The number of carboxylic acid groups (broad SMARTS) is 1. The Morgan fingerprint density at radius 2 is 1.90 bits per heavy atom. The van der Waals surface area contributed by atoms with Crippen LogP contribution in [0.5, 0.6) is 5.75 Å². The number of ether oxygens (including phenoxy) is 1. The molecule has 110 valence electrons. The predicted molar refractivity (Wildman–Crippen MR) is 73.6 cm³/mol. The third-order valence-electron chi connectivity index (χ3n) is 2.49. The Balaban J connectivity index is 2.95. The lowest BCUT2D eigenvalue weighted by Crippen LogP contribution is -2.41. The van der Waals surface area contributed by atoms with Gasteiger partial charge in [-0.25, -0.2) is 4.79 Å². The zero-order valence-electron chi connectivity index (χ0n) is 10.5. The van der Waals surface area contributed by atoms with Gasteiger partial charge in [0.15, 0.2) is 5.75 Å². The molecule has 0 aromatic heterocycles. The van der Waals surface area contributed by atoms with Crippen molar-refractivity contribution >= 4 is 35.1 Å². The molecule has 1 aromatic rings. The molecule has 0 unspecified atom stereocenters. The molecule has 0 radical (unpaired) electrons. The molecule has 20 heavy (non-hydrogen) atoms. The molecule has 1 rings (SSSR count). The number of halogens is 2. The SMILES string of the molecule is COc1c(Cl)cc(C(=O)N[C@@H](CCO)C(=O)O)cc1Cl. The molecule has 1 atom stereocenters. The summed E-state index contributed by atoms with van der Waals surface area (Å²) in [7, 11) is 1.38. The molecule has 0 saturated heterocycles. The molecule has 0 heterocycles. The van der Waals surface area contributed by atoms with E-state index in [0.29, 0.717) is 0 Å². The number of carbonyl (C=O) groups excluding carboxylic acids is 1. The minimum atomic E-state index is -1.24. The Bertz CT molecular complexity index is 498. The number of amides is 1. The first kappa shape index (κ1) is 16.6. The summed E-state index contributed by atoms with van der Waals surface area (Å²) in [6.45, 7) is -0.360. The number of aliphatic carboxylic acids is 1. The standard InChI is InChI=1S/C12H13Cl2NO5/c1-20-10-7(13)4-6(5-8(10)14)11(17)15-9(2-3-16)12(18)19/h4-5,9,16H,2-3H2,1H3,(H,15,17)(H,18,19)/t9-/m0/s1. The van der Waals surface area contributed by atoms with Crippen LogP contribution in [0.1, 0.15) is 16.8 Å². The van der Waals surface area contributed by atoms with Crippen molar-refractivity contribution in [1.29, 1.82) is 0 Å². The highest BCUT2D eigenvalue weighted by atomic mass is 35.5. The van der Waals surface area contributed by atoms with Crippen molar-refractivity contribution in [3.63, 3.8) is 0 Å². The summed E-state index contributed by atoms with van der Waals surface area (Å²) >= 11 is 11.8. The quantitative estimate of drug-likeness (QED) is 0.739. The van der Waals surface area contributed by atoms with Crippen LogP contribution in [0.25, 0.3) is 0 Å². The molecule has 0 fully saturated rings. The minimum absolute atomic E-state index is 0.0985. The fourth-order valence-electron chi connectivity index (χ4n) is 1.51. The van der Waals surface area contributed by atoms with E-state index in [2.05, 4.69) is 5.32 Å². The normalized spacial score (nSPS) is 11.8. The van der Waals surface area contributed by atoms with Gasteiger partial charge in [-0.1, -0.05) is 23.2 Å². The number of methoxy groups -OCH3 is 1. The van der Waals surface area contributed by atoms with Gasteiger partial charge in [0.1, 0.15) is 6.04 Å². The number of hydrogen-bond acceptors (Lipinski definition) is 4. The van der Waals surface area contributed by atoms with Gasteiger partial charge in [-0.2, -0.15) is 0 Å². The van der Waals surface area contributed by atoms with Gasteiger partial charge in [-0.15, -0.1) is 0 Å². The van der Waals surface area contributed by atoms with E-state index < -0.39 is 17.9 Å². The van der Waals surface area contributed by atoms with Gasteiger partial charge >= 0.3 is 5.97 Å². The van der Waals surface area contributed by atoms with Crippen molar-refractivity contribution in [1.82, 2.24) is 5.32 Å². The van der Waals surface area contributed by atoms with Crippen LogP contribution in [-0.2, 0) is 4.79 Å². The van der Waals surface area contributed by atoms with E-state index in [1.165, 1.54) is 19.2 Å². The van der Waals surface area contributed by atoms with E-state index in [1.807, 2.05) is 0 Å². The van der Waals surface area contributed by atoms with Gasteiger partial charge in [0.05, 0.1) is 17.2 Å². The first-order valence-corrected chi connectivity index (χ1v) is 6.33. The second kappa shape index (κ2) is 7.33. The maximum atomic E-state index is 11.9. The second-order valence-corrected chi connectivity index (χ2v) is 4.66. The highest BCUT2D eigenvalue weighted by molar-refractivity contribution is 6.37. The van der Waals surface area contributed by atoms with Crippen LogP contribution < -0.4 is 10.1 Å². The van der Waals surface area contributed by atoms with Crippen molar-refractivity contribution in [3.05, 3.63) is 27.7 Å². The number of carbonyl (C=O) groups is 2. The summed E-state index contributed by atoms with van der Waals surface area (Å²) in [5, 5.41) is 20.2. The summed E-state index contributed by atoms with van der Waals surface area (Å²) in [6, 6.07) is 1.45. The van der Waals surface area contributed by atoms with Gasteiger partial charge < -0.3 is 20.3 Å². The molecule has 1 amide bonds. The van der Waals surface area contributed by atoms with Crippen LogP contribution in [0.4, 0.5) is 0 Å². The van der Waals surface area contributed by atoms with Crippen molar-refractivity contribution < 1.29 is 24.5 Å². The van der Waals surface area contributed by atoms with Crippen molar-refractivity contribution in [2.45, 2.75) is 12.5 Å². The molecule has 0 saturated carbocycles. The lowest BCUT2D eigenvalue weighted by Gasteiger charge is -2.14. The van der Waals surface area contributed by atoms with Gasteiger partial charge in [-0.3, -0.25) is 4.79 Å². The third kappa shape index (κ3) is 4.00. The maximum absolute atomic E-state index is 11.9. The fourth-order valence-corrected chi connectivity index (χ4v) is 2.16. The lowest BCUT2D eigenvalue weighted by atomic mass is 10.1. The monoisotopic (exact) mass is 321 g/mol. The van der Waals surface area contributed by atoms with E-state index in [1.54, 1.807) is 0 Å². The Morgan fingerprint density at radius 3 is 2.30 bits per heavy atom. The van der Waals surface area contributed by atoms with Gasteiger partial charge in [0.25, 0.3) is 5.91 Å². The number of rotatable bonds is 6. The Labute approximate surface area is 125 Å². The summed E-state index contributed by atoms with van der Waals surface area (Å²) in [5.41, 5.74) is 0.102. The lowest BCUT2D eigenvalue weighted by molar-refractivity contribution is -0.139. The van der Waals surface area contributed by atoms with Gasteiger partial charge in [0.2, 0.25) is 0 Å². The molecule has 0 spiro atoms. The van der Waals surface area contributed by atoms with Crippen LogP contribution in [0.15, 0.2) is 12.1 Å². The molecule has 0 aliphatic carbocycles. The molecule has 0 aliphatic rings. The summed E-state index contributed by atoms with van der Waals surface area (Å²) in [4.78, 5) is 22.8. The maximum Gasteiger partial charge on any atom is 0.326 e. The van der Waals surface area contributed by atoms with Gasteiger partial charge in [0, 0.05) is 18.6 Å². The predicted octanol–water partition coefficient (Wildman–Crippen LogP) is 1.57. The highest BCUT2D eigenvalue weighted by Crippen LogP contribution is 2.33. The fraction of sp³-hybridized carbons (Fsp3) is 0.333. The zero-order valence-corrected chi connectivity index (χ0v) is 12.0. The van der Waals surface area contributed by atoms with E-state index >= 15 is 0 Å². The second-order valence-electron chi connectivity index (χ2n) is 3.85. The summed E-state index contributed by atoms with van der Waals surface area (Å²) < 4.78 is 4.95. The number of nitrogens with one attached hydrogen (secondary N) is 1. The molecule has 0 aliphatic heterocycles. The smallest absolute Gasteiger partial charge is 0.326 e. The zero-order chi connectivity index (χ0) is 15.3. The summed E-state index contributed by atoms with van der Waals surface area (Å²) in [6.07, 6.45) is -0.0985. The van der Waals surface area contributed by atoms with Crippen molar-refractivity contribution in [2.24, 2.45) is 0 Å². The van der Waals surface area contributed by atoms with Gasteiger partial charge in [-0.05, 0) is 12.1 Å². The van der Waals surface area contributed by atoms with Crippen LogP contribution in [0.2, 0.25) is 10.0 Å². The third-order valence-corrected chi connectivity index (χ3v) is 3.05. The first-order valence-electron chi connectivity index (χ1n) is 5.58. The molecule has 1 aromatic carbocycles. The average molecular weight is 322 g/mol. The highest BCUT2D eigenvalue weighted by Gasteiger charge is 2.21. The molecular formula is C12H13Cl2NO5. The van der Waals surface area contributed by atoms with Crippen molar-refractivity contribution in [3.8, 4) is 5.75 Å². The van der Waals surface area contributed by atoms with Crippen LogP contribution >= 0.6 is 23.2 Å². The minimum Gasteiger partial charge on any atom is -0.494 e. The van der Waals surface area contributed by atoms with E-state index in [0.717, 1.165) is 0 Å². The number of aliphatic hydroxyl groups is 1. The Hall–Kier alpha value is -1.50. The largest absolute Gasteiger partial charge is 0.494 e. The van der Waals surface area contributed by atoms with Crippen molar-refractivity contribution in [2.75, 3.05) is 13.7 Å². The number of carboxylic acids is 1. The topological polar surface area (TPSA) is 95.9 Å². The Kier molecular flexibility index (Phi) is 6.06. The first-order chi connectivity index (χ1) is 9.40. The van der Waals surface area contributed by atoms with Crippen LogP contribution in [-0.4, -0.2) is 41.8 Å². The summed E-state index contributed by atoms with van der Waals surface area (Å²) in [5.74, 6) is -1.66. The Morgan fingerprint density at radius 1 is 1.35 bits per heavy atom. The molecule has 0 bridgehead atoms. The van der Waals surface area contributed by atoms with E-state index in [9.17, 15) is 9.59 Å². The molecule has 3 N–H and O–H groups in total. The molecule has 8 heteroatoms. The van der Waals surface area contributed by atoms with E-state index in [4.69, 9.17) is 38.2 Å². The number of hydrogen-bond donors (Lipinski definition) is 3. The number of benzene rings is 1. The van der Waals surface area contributed by atoms with E-state index in [-0.39, 0.29) is 34.4 Å². The van der Waals surface area contributed by atoms with Crippen LogP contribution in [0, 0.1) is 0 Å². The number of aliphatic hydroxyl groups excluding tert-OH is 1. The molecular weight excluding hydrogens is 309 g/mol. The molecule has 6 nitrogen and oxygen atoms in total. The average Bonchev–Trinajstić information content (AvgIpc) is 2.37.